The van der Waals surface area contributed by atoms with Crippen molar-refractivity contribution in [1.29, 1.82) is 0 Å². The van der Waals surface area contributed by atoms with E-state index < -0.39 is 10.0 Å². The molecule has 0 aliphatic rings. The lowest BCUT2D eigenvalue weighted by molar-refractivity contribution is 0.282. The standard InChI is InChI=1S/C14H13Br2NO3S/c15-12-5-6-13(16)14(7-12)21(19,20)17-8-10-1-3-11(9-18)4-2-10/h1-7,17-18H,8-9H2. The largest absolute Gasteiger partial charge is 0.392 e. The van der Waals surface area contributed by atoms with Crippen molar-refractivity contribution in [3.63, 3.8) is 0 Å². The molecule has 0 aliphatic carbocycles. The van der Waals surface area contributed by atoms with Gasteiger partial charge in [0.1, 0.15) is 0 Å². The lowest BCUT2D eigenvalue weighted by atomic mass is 10.1. The summed E-state index contributed by atoms with van der Waals surface area (Å²) in [6, 6.07) is 12.1. The zero-order valence-corrected chi connectivity index (χ0v) is 14.9. The Morgan fingerprint density at radius 1 is 1.00 bits per heavy atom. The van der Waals surface area contributed by atoms with Crippen LogP contribution in [0.4, 0.5) is 0 Å². The Kier molecular flexibility index (Phi) is 5.56. The molecule has 2 aromatic rings. The second-order valence-corrected chi connectivity index (χ2v) is 7.88. The van der Waals surface area contributed by atoms with E-state index in [4.69, 9.17) is 5.11 Å². The highest BCUT2D eigenvalue weighted by Crippen LogP contribution is 2.25. The molecule has 0 bridgehead atoms. The highest BCUT2D eigenvalue weighted by molar-refractivity contribution is 9.11. The van der Waals surface area contributed by atoms with Crippen LogP contribution in [0.25, 0.3) is 0 Å². The zero-order valence-electron chi connectivity index (χ0n) is 10.9. The molecule has 0 fully saturated rings. The predicted octanol–water partition coefficient (Wildman–Crippen LogP) is 3.18. The number of nitrogens with one attached hydrogen (secondary N) is 1. The van der Waals surface area contributed by atoms with E-state index in [-0.39, 0.29) is 18.0 Å². The lowest BCUT2D eigenvalue weighted by Gasteiger charge is -2.09. The molecule has 0 saturated heterocycles. The second-order valence-electron chi connectivity index (χ2n) is 4.37. The molecule has 0 amide bonds. The van der Waals surface area contributed by atoms with Gasteiger partial charge in [0.15, 0.2) is 0 Å². The van der Waals surface area contributed by atoms with Crippen molar-refractivity contribution < 1.29 is 13.5 Å². The van der Waals surface area contributed by atoms with E-state index in [9.17, 15) is 8.42 Å². The van der Waals surface area contributed by atoms with Crippen molar-refractivity contribution in [2.45, 2.75) is 18.0 Å². The van der Waals surface area contributed by atoms with E-state index in [2.05, 4.69) is 36.6 Å². The molecule has 0 saturated carbocycles. The van der Waals surface area contributed by atoms with E-state index >= 15 is 0 Å². The number of aliphatic hydroxyl groups is 1. The van der Waals surface area contributed by atoms with Gasteiger partial charge in [0, 0.05) is 15.5 Å². The summed E-state index contributed by atoms with van der Waals surface area (Å²) in [4.78, 5) is 0.184. The fourth-order valence-corrected chi connectivity index (χ4v) is 4.22. The molecule has 2 N–H and O–H groups in total. The average Bonchev–Trinajstić information content (AvgIpc) is 2.48. The molecule has 2 rings (SSSR count). The van der Waals surface area contributed by atoms with Crippen LogP contribution in [0.3, 0.4) is 0 Å². The lowest BCUT2D eigenvalue weighted by Crippen LogP contribution is -2.23. The van der Waals surface area contributed by atoms with Gasteiger partial charge >= 0.3 is 0 Å². The van der Waals surface area contributed by atoms with Gasteiger partial charge in [-0.15, -0.1) is 0 Å². The second kappa shape index (κ2) is 7.02. The topological polar surface area (TPSA) is 66.4 Å². The molecule has 2 aromatic carbocycles. The number of benzene rings is 2. The molecule has 4 nitrogen and oxygen atoms in total. The Morgan fingerprint density at radius 2 is 1.62 bits per heavy atom. The van der Waals surface area contributed by atoms with Gasteiger partial charge in [-0.1, -0.05) is 40.2 Å². The van der Waals surface area contributed by atoms with Crippen LogP contribution >= 0.6 is 31.9 Å². The Hall–Kier alpha value is -0.730. The molecule has 112 valence electrons. The van der Waals surface area contributed by atoms with Crippen LogP contribution in [-0.4, -0.2) is 13.5 Å². The van der Waals surface area contributed by atoms with Gasteiger partial charge in [0.25, 0.3) is 0 Å². The third kappa shape index (κ3) is 4.37. The summed E-state index contributed by atoms with van der Waals surface area (Å²) in [5.74, 6) is 0. The molecule has 0 aromatic heterocycles. The number of rotatable bonds is 5. The first-order valence-electron chi connectivity index (χ1n) is 6.06. The van der Waals surface area contributed by atoms with Gasteiger partial charge < -0.3 is 5.11 Å². The Balaban J connectivity index is 2.15. The first-order valence-corrected chi connectivity index (χ1v) is 9.12. The van der Waals surface area contributed by atoms with Crippen molar-refractivity contribution >= 4 is 41.9 Å². The van der Waals surface area contributed by atoms with Gasteiger partial charge in [0.2, 0.25) is 10.0 Å². The summed E-state index contributed by atoms with van der Waals surface area (Å²) >= 11 is 6.51. The van der Waals surface area contributed by atoms with Crippen LogP contribution in [0.15, 0.2) is 56.3 Å². The van der Waals surface area contributed by atoms with Crippen LogP contribution in [0.5, 0.6) is 0 Å². The average molecular weight is 435 g/mol. The van der Waals surface area contributed by atoms with Crippen molar-refractivity contribution in [2.24, 2.45) is 0 Å². The Labute approximate surface area is 140 Å². The fourth-order valence-electron chi connectivity index (χ4n) is 1.70. The summed E-state index contributed by atoms with van der Waals surface area (Å²) in [6.07, 6.45) is 0. The van der Waals surface area contributed by atoms with Crippen LogP contribution in [-0.2, 0) is 23.2 Å². The van der Waals surface area contributed by atoms with E-state index in [0.717, 1.165) is 11.1 Å². The normalized spacial score (nSPS) is 11.6. The summed E-state index contributed by atoms with van der Waals surface area (Å²) in [6.45, 7) is 0.157. The fraction of sp³-hybridized carbons (Fsp3) is 0.143. The number of hydrogen-bond acceptors (Lipinski definition) is 3. The molecule has 0 spiro atoms. The van der Waals surface area contributed by atoms with Gasteiger partial charge in [-0.05, 0) is 45.3 Å². The monoisotopic (exact) mass is 433 g/mol. The van der Waals surface area contributed by atoms with Crippen molar-refractivity contribution in [3.05, 3.63) is 62.5 Å². The molecule has 0 atom stereocenters. The zero-order chi connectivity index (χ0) is 15.5. The third-order valence-electron chi connectivity index (χ3n) is 2.85. The molecule has 21 heavy (non-hydrogen) atoms. The highest BCUT2D eigenvalue weighted by atomic mass is 79.9. The summed E-state index contributed by atoms with van der Waals surface area (Å²) in [7, 11) is -3.60. The number of halogens is 2. The number of hydrogen-bond donors (Lipinski definition) is 2. The Morgan fingerprint density at radius 3 is 2.24 bits per heavy atom. The minimum atomic E-state index is -3.60. The smallest absolute Gasteiger partial charge is 0.242 e. The van der Waals surface area contributed by atoms with E-state index in [1.54, 1.807) is 42.5 Å². The summed E-state index contributed by atoms with van der Waals surface area (Å²) in [5.41, 5.74) is 1.61. The SMILES string of the molecule is O=S(=O)(NCc1ccc(CO)cc1)c1cc(Br)ccc1Br. The van der Waals surface area contributed by atoms with Crippen molar-refractivity contribution in [3.8, 4) is 0 Å². The highest BCUT2D eigenvalue weighted by Gasteiger charge is 2.17. The maximum Gasteiger partial charge on any atom is 0.242 e. The van der Waals surface area contributed by atoms with Gasteiger partial charge in [-0.3, -0.25) is 0 Å². The van der Waals surface area contributed by atoms with E-state index in [0.29, 0.717) is 8.95 Å². The minimum Gasteiger partial charge on any atom is -0.392 e. The third-order valence-corrected chi connectivity index (χ3v) is 5.74. The molecule has 7 heteroatoms. The number of aliphatic hydroxyl groups excluding tert-OH is 1. The van der Waals surface area contributed by atoms with Gasteiger partial charge in [-0.25, -0.2) is 13.1 Å². The molecule has 0 unspecified atom stereocenters. The van der Waals surface area contributed by atoms with Crippen LogP contribution in [0, 0.1) is 0 Å². The first-order chi connectivity index (χ1) is 9.92. The molecule has 0 heterocycles. The van der Waals surface area contributed by atoms with Crippen LogP contribution in [0.1, 0.15) is 11.1 Å². The Bertz CT molecular complexity index is 730. The summed E-state index contributed by atoms with van der Waals surface area (Å²) in [5, 5.41) is 8.97. The van der Waals surface area contributed by atoms with Crippen molar-refractivity contribution in [1.82, 2.24) is 4.72 Å². The van der Waals surface area contributed by atoms with Crippen LogP contribution in [0.2, 0.25) is 0 Å². The van der Waals surface area contributed by atoms with E-state index in [1.165, 1.54) is 0 Å². The minimum absolute atomic E-state index is 0.0308. The maximum absolute atomic E-state index is 12.3. The number of sulfonamides is 1. The van der Waals surface area contributed by atoms with Gasteiger partial charge in [-0.2, -0.15) is 0 Å². The summed E-state index contributed by atoms with van der Waals surface area (Å²) < 4.78 is 28.4. The van der Waals surface area contributed by atoms with Crippen molar-refractivity contribution in [2.75, 3.05) is 0 Å². The molecular formula is C14H13Br2NO3S. The predicted molar refractivity (Wildman–Crippen MR) is 88.2 cm³/mol. The quantitative estimate of drug-likeness (QED) is 0.759. The molecular weight excluding hydrogens is 422 g/mol. The first kappa shape index (κ1) is 16.6. The molecule has 0 aliphatic heterocycles. The van der Waals surface area contributed by atoms with E-state index in [1.807, 2.05) is 0 Å². The van der Waals surface area contributed by atoms with Gasteiger partial charge in [0.05, 0.1) is 11.5 Å². The molecule has 0 radical (unpaired) electrons. The maximum atomic E-state index is 12.3. The van der Waals surface area contributed by atoms with Crippen LogP contribution < -0.4 is 4.72 Å².